The second kappa shape index (κ2) is 7.67. The summed E-state index contributed by atoms with van der Waals surface area (Å²) in [5.74, 6) is -0.413. The van der Waals surface area contributed by atoms with Crippen LogP contribution in [-0.4, -0.2) is 15.4 Å². The second-order valence-electron chi connectivity index (χ2n) is 6.12. The number of aryl methyl sites for hydroxylation is 2. The van der Waals surface area contributed by atoms with Gasteiger partial charge in [-0.1, -0.05) is 29.8 Å². The summed E-state index contributed by atoms with van der Waals surface area (Å²) < 4.78 is 2.02. The fraction of sp³-hybridized carbons (Fsp3) is 0.200. The Morgan fingerprint density at radius 1 is 1.11 bits per heavy atom. The molecule has 7 heteroatoms. The van der Waals surface area contributed by atoms with Gasteiger partial charge in [-0.3, -0.25) is 14.9 Å². The Labute approximate surface area is 160 Å². The fourth-order valence-corrected chi connectivity index (χ4v) is 3.91. The zero-order chi connectivity index (χ0) is 19.6. The lowest BCUT2D eigenvalue weighted by Gasteiger charge is -2.08. The maximum Gasteiger partial charge on any atom is 0.279 e. The van der Waals surface area contributed by atoms with E-state index in [1.807, 2.05) is 25.3 Å². The summed E-state index contributed by atoms with van der Waals surface area (Å²) in [5, 5.41) is 10.7. The van der Waals surface area contributed by atoms with Crippen molar-refractivity contribution >= 4 is 22.9 Å². The summed E-state index contributed by atoms with van der Waals surface area (Å²) in [7, 11) is 0. The van der Waals surface area contributed by atoms with Crippen LogP contribution in [0.2, 0.25) is 0 Å². The predicted molar refractivity (Wildman–Crippen MR) is 106 cm³/mol. The average Bonchev–Trinajstić information content (AvgIpc) is 2.97. The number of amides is 1. The fourth-order valence-electron chi connectivity index (χ4n) is 2.85. The summed E-state index contributed by atoms with van der Waals surface area (Å²) in [6.07, 6.45) is 0. The summed E-state index contributed by atoms with van der Waals surface area (Å²) in [6, 6.07) is 13.7. The number of nitro groups is 1. The molecule has 2 aromatic carbocycles. The lowest BCUT2D eigenvalue weighted by Crippen LogP contribution is -2.17. The molecular formula is C20H19N3O3S. The van der Waals surface area contributed by atoms with Gasteiger partial charge in [0, 0.05) is 29.1 Å². The van der Waals surface area contributed by atoms with E-state index in [0.29, 0.717) is 16.9 Å². The van der Waals surface area contributed by atoms with Crippen LogP contribution < -0.4 is 4.80 Å². The first-order chi connectivity index (χ1) is 12.9. The minimum atomic E-state index is -0.493. The first-order valence-corrected chi connectivity index (χ1v) is 9.33. The molecule has 0 atom stereocenters. The molecule has 0 aliphatic heterocycles. The molecule has 0 aliphatic carbocycles. The highest BCUT2D eigenvalue weighted by atomic mass is 32.1. The zero-order valence-corrected chi connectivity index (χ0v) is 16.1. The monoisotopic (exact) mass is 381 g/mol. The van der Waals surface area contributed by atoms with E-state index in [9.17, 15) is 14.9 Å². The maximum absolute atomic E-state index is 12.5. The Hall–Kier alpha value is -3.06. The Kier molecular flexibility index (Phi) is 5.32. The van der Waals surface area contributed by atoms with Gasteiger partial charge in [0.2, 0.25) is 0 Å². The maximum atomic E-state index is 12.5. The molecule has 0 saturated carbocycles. The van der Waals surface area contributed by atoms with Gasteiger partial charge in [-0.25, -0.2) is 0 Å². The van der Waals surface area contributed by atoms with Gasteiger partial charge in [-0.15, -0.1) is 11.3 Å². The van der Waals surface area contributed by atoms with Gasteiger partial charge in [-0.05, 0) is 38.5 Å². The average molecular weight is 381 g/mol. The van der Waals surface area contributed by atoms with Gasteiger partial charge < -0.3 is 4.57 Å². The van der Waals surface area contributed by atoms with Crippen LogP contribution >= 0.6 is 11.3 Å². The summed E-state index contributed by atoms with van der Waals surface area (Å²) in [4.78, 5) is 28.7. The van der Waals surface area contributed by atoms with Crippen molar-refractivity contribution in [2.75, 3.05) is 0 Å². The number of nitro benzene ring substituents is 1. The molecule has 0 aliphatic rings. The van der Waals surface area contributed by atoms with Gasteiger partial charge in [0.25, 0.3) is 11.6 Å². The molecule has 1 heterocycles. The minimum Gasteiger partial charge on any atom is -0.316 e. The molecule has 138 valence electrons. The van der Waals surface area contributed by atoms with Crippen LogP contribution in [0.25, 0.3) is 11.3 Å². The smallest absolute Gasteiger partial charge is 0.279 e. The highest BCUT2D eigenvalue weighted by Gasteiger charge is 2.14. The molecule has 0 radical (unpaired) electrons. The van der Waals surface area contributed by atoms with Crippen molar-refractivity contribution in [2.24, 2.45) is 4.99 Å². The molecule has 3 rings (SSSR count). The number of thiazole rings is 1. The summed E-state index contributed by atoms with van der Waals surface area (Å²) in [6.45, 7) is 6.75. The normalized spacial score (nSPS) is 11.6. The van der Waals surface area contributed by atoms with E-state index >= 15 is 0 Å². The number of rotatable bonds is 4. The van der Waals surface area contributed by atoms with Crippen molar-refractivity contribution in [1.29, 1.82) is 0 Å². The highest BCUT2D eigenvalue weighted by Crippen LogP contribution is 2.25. The van der Waals surface area contributed by atoms with Crippen LogP contribution in [-0.2, 0) is 6.54 Å². The zero-order valence-electron chi connectivity index (χ0n) is 15.3. The number of hydrogen-bond acceptors (Lipinski definition) is 4. The third-order valence-corrected chi connectivity index (χ3v) is 5.24. The standard InChI is InChI=1S/C20H19N3O3S/c1-4-22-18(15-7-5-13(2)6-8-15)14(3)27-20(22)21-19(24)16-9-11-17(12-10-16)23(25)26/h5-12H,4H2,1-3H3. The van der Waals surface area contributed by atoms with Crippen LogP contribution in [0.15, 0.2) is 53.5 Å². The van der Waals surface area contributed by atoms with E-state index in [4.69, 9.17) is 0 Å². The van der Waals surface area contributed by atoms with Gasteiger partial charge in [0.05, 0.1) is 10.6 Å². The van der Waals surface area contributed by atoms with E-state index in [1.54, 1.807) is 0 Å². The lowest BCUT2D eigenvalue weighted by atomic mass is 10.1. The van der Waals surface area contributed by atoms with Gasteiger partial charge >= 0.3 is 0 Å². The molecule has 0 N–H and O–H groups in total. The van der Waals surface area contributed by atoms with E-state index in [2.05, 4.69) is 29.3 Å². The van der Waals surface area contributed by atoms with Crippen molar-refractivity contribution in [3.8, 4) is 11.3 Å². The molecule has 0 fully saturated rings. The molecule has 1 aromatic heterocycles. The van der Waals surface area contributed by atoms with Crippen molar-refractivity contribution in [1.82, 2.24) is 4.57 Å². The minimum absolute atomic E-state index is 0.0520. The molecule has 27 heavy (non-hydrogen) atoms. The van der Waals surface area contributed by atoms with Gasteiger partial charge in [-0.2, -0.15) is 4.99 Å². The van der Waals surface area contributed by atoms with Crippen molar-refractivity contribution < 1.29 is 9.72 Å². The first kappa shape index (κ1) is 18.7. The predicted octanol–water partition coefficient (Wildman–Crippen LogP) is 4.50. The van der Waals surface area contributed by atoms with Crippen LogP contribution in [0.3, 0.4) is 0 Å². The van der Waals surface area contributed by atoms with Gasteiger partial charge in [0.1, 0.15) is 0 Å². The van der Waals surface area contributed by atoms with E-state index in [1.165, 1.54) is 41.2 Å². The molecule has 0 saturated heterocycles. The van der Waals surface area contributed by atoms with Gasteiger partial charge in [0.15, 0.2) is 4.80 Å². The molecule has 6 nitrogen and oxygen atoms in total. The topological polar surface area (TPSA) is 77.5 Å². The number of aromatic nitrogens is 1. The number of benzene rings is 2. The van der Waals surface area contributed by atoms with Crippen LogP contribution in [0.5, 0.6) is 0 Å². The third kappa shape index (κ3) is 3.88. The highest BCUT2D eigenvalue weighted by molar-refractivity contribution is 7.09. The SMILES string of the molecule is CCn1c(-c2ccc(C)cc2)c(C)sc1=NC(=O)c1ccc([N+](=O)[O-])cc1. The number of non-ortho nitro benzene ring substituents is 1. The van der Waals surface area contributed by atoms with Crippen LogP contribution in [0.4, 0.5) is 5.69 Å². The molecule has 3 aromatic rings. The quantitative estimate of drug-likeness (QED) is 0.493. The summed E-state index contributed by atoms with van der Waals surface area (Å²) >= 11 is 1.46. The molecule has 1 amide bonds. The van der Waals surface area contributed by atoms with Crippen molar-refractivity contribution in [3.63, 3.8) is 0 Å². The molecule has 0 unspecified atom stereocenters. The first-order valence-electron chi connectivity index (χ1n) is 8.51. The Morgan fingerprint density at radius 3 is 2.30 bits per heavy atom. The Balaban J connectivity index is 2.03. The van der Waals surface area contributed by atoms with Crippen LogP contribution in [0.1, 0.15) is 27.7 Å². The number of carbonyl (C=O) groups excluding carboxylic acids is 1. The van der Waals surface area contributed by atoms with E-state index in [-0.39, 0.29) is 5.69 Å². The third-order valence-electron chi connectivity index (χ3n) is 4.24. The Morgan fingerprint density at radius 2 is 1.74 bits per heavy atom. The van der Waals surface area contributed by atoms with Crippen molar-refractivity contribution in [3.05, 3.63) is 79.5 Å². The number of nitrogens with zero attached hydrogens (tertiary/aromatic N) is 3. The number of hydrogen-bond donors (Lipinski definition) is 0. The number of carbonyl (C=O) groups is 1. The molecule has 0 spiro atoms. The molecular weight excluding hydrogens is 362 g/mol. The summed E-state index contributed by atoms with van der Waals surface area (Å²) in [5.41, 5.74) is 3.60. The largest absolute Gasteiger partial charge is 0.316 e. The van der Waals surface area contributed by atoms with E-state index < -0.39 is 10.8 Å². The lowest BCUT2D eigenvalue weighted by molar-refractivity contribution is -0.384. The van der Waals surface area contributed by atoms with E-state index in [0.717, 1.165) is 16.1 Å². The Bertz CT molecular complexity index is 1060. The molecule has 0 bridgehead atoms. The van der Waals surface area contributed by atoms with Crippen molar-refractivity contribution in [2.45, 2.75) is 27.3 Å². The second-order valence-corrected chi connectivity index (χ2v) is 7.30. The van der Waals surface area contributed by atoms with Crippen LogP contribution in [0, 0.1) is 24.0 Å².